The quantitative estimate of drug-likeness (QED) is 0.754. The van der Waals surface area contributed by atoms with Gasteiger partial charge in [0.1, 0.15) is 6.61 Å². The molecule has 0 aliphatic carbocycles. The Bertz CT molecular complexity index is 672. The first-order valence-electron chi connectivity index (χ1n) is 8.53. The van der Waals surface area contributed by atoms with Crippen LogP contribution in [0.2, 0.25) is 0 Å². The maximum absolute atomic E-state index is 11.8. The highest BCUT2D eigenvalue weighted by Crippen LogP contribution is 2.28. The van der Waals surface area contributed by atoms with Crippen molar-refractivity contribution in [1.29, 1.82) is 0 Å². The molecule has 0 unspecified atom stereocenters. The maximum Gasteiger partial charge on any atom is 0.220 e. The third kappa shape index (κ3) is 6.45. The Morgan fingerprint density at radius 1 is 1.20 bits per heavy atom. The average Bonchev–Trinajstić information content (AvgIpc) is 2.64. The van der Waals surface area contributed by atoms with E-state index in [1.807, 2.05) is 30.3 Å². The zero-order valence-electron chi connectivity index (χ0n) is 15.1. The highest BCUT2D eigenvalue weighted by atomic mass is 16.5. The smallest absolute Gasteiger partial charge is 0.220 e. The van der Waals surface area contributed by atoms with Gasteiger partial charge in [0.15, 0.2) is 11.5 Å². The SMILES string of the molecule is COc1cc(CNC(=O)CCC(C)C)ccc1OCc1cccnc1. The van der Waals surface area contributed by atoms with Crippen molar-refractivity contribution >= 4 is 5.91 Å². The number of carbonyl (C=O) groups is 1. The molecule has 1 N–H and O–H groups in total. The molecule has 0 aliphatic heterocycles. The molecule has 1 aromatic heterocycles. The first-order chi connectivity index (χ1) is 12.1. The molecule has 0 fully saturated rings. The summed E-state index contributed by atoms with van der Waals surface area (Å²) in [6.45, 7) is 5.14. The Morgan fingerprint density at radius 2 is 2.04 bits per heavy atom. The second kappa shape index (κ2) is 9.67. The van der Waals surface area contributed by atoms with Gasteiger partial charge in [-0.15, -0.1) is 0 Å². The summed E-state index contributed by atoms with van der Waals surface area (Å²) in [5.74, 6) is 1.92. The number of benzene rings is 1. The molecule has 0 aliphatic rings. The summed E-state index contributed by atoms with van der Waals surface area (Å²) in [5.41, 5.74) is 1.97. The number of hydrogen-bond acceptors (Lipinski definition) is 4. The van der Waals surface area contributed by atoms with Gasteiger partial charge >= 0.3 is 0 Å². The van der Waals surface area contributed by atoms with Gasteiger partial charge in [0.25, 0.3) is 0 Å². The minimum Gasteiger partial charge on any atom is -0.493 e. The lowest BCUT2D eigenvalue weighted by atomic mass is 10.1. The van der Waals surface area contributed by atoms with Crippen LogP contribution in [0.25, 0.3) is 0 Å². The minimum atomic E-state index is 0.0737. The molecule has 0 saturated carbocycles. The number of amides is 1. The van der Waals surface area contributed by atoms with Gasteiger partial charge in [0.05, 0.1) is 7.11 Å². The van der Waals surface area contributed by atoms with Gasteiger partial charge in [0, 0.05) is 30.9 Å². The Hall–Kier alpha value is -2.56. The summed E-state index contributed by atoms with van der Waals surface area (Å²) in [7, 11) is 1.61. The molecule has 1 aromatic carbocycles. The Labute approximate surface area is 149 Å². The summed E-state index contributed by atoms with van der Waals surface area (Å²) in [4.78, 5) is 15.9. The van der Waals surface area contributed by atoms with Crippen LogP contribution in [-0.4, -0.2) is 18.0 Å². The number of hydrogen-bond donors (Lipinski definition) is 1. The zero-order valence-corrected chi connectivity index (χ0v) is 15.1. The van der Waals surface area contributed by atoms with Crippen molar-refractivity contribution in [2.75, 3.05) is 7.11 Å². The van der Waals surface area contributed by atoms with Crippen LogP contribution in [0, 0.1) is 5.92 Å². The largest absolute Gasteiger partial charge is 0.493 e. The van der Waals surface area contributed by atoms with Gasteiger partial charge in [-0.05, 0) is 36.1 Å². The molecule has 2 rings (SSSR count). The van der Waals surface area contributed by atoms with E-state index >= 15 is 0 Å². The van der Waals surface area contributed by atoms with Crippen LogP contribution in [0.5, 0.6) is 11.5 Å². The van der Waals surface area contributed by atoms with Crippen LogP contribution in [0.15, 0.2) is 42.7 Å². The molecular formula is C20H26N2O3. The molecule has 0 radical (unpaired) electrons. The van der Waals surface area contributed by atoms with Gasteiger partial charge in [-0.3, -0.25) is 9.78 Å². The van der Waals surface area contributed by atoms with Gasteiger partial charge in [-0.25, -0.2) is 0 Å². The predicted molar refractivity (Wildman–Crippen MR) is 97.5 cm³/mol. The van der Waals surface area contributed by atoms with Crippen LogP contribution in [-0.2, 0) is 17.9 Å². The van der Waals surface area contributed by atoms with Crippen LogP contribution < -0.4 is 14.8 Å². The standard InChI is InChI=1S/C20H26N2O3/c1-15(2)6-9-20(23)22-13-16-7-8-18(19(11-16)24-3)25-14-17-5-4-10-21-12-17/h4-5,7-8,10-12,15H,6,9,13-14H2,1-3H3,(H,22,23). The zero-order chi connectivity index (χ0) is 18.1. The fourth-order valence-electron chi connectivity index (χ4n) is 2.29. The van der Waals surface area contributed by atoms with Gasteiger partial charge in [0.2, 0.25) is 5.91 Å². The average molecular weight is 342 g/mol. The second-order valence-electron chi connectivity index (χ2n) is 6.34. The molecule has 0 spiro atoms. The monoisotopic (exact) mass is 342 g/mol. The lowest BCUT2D eigenvalue weighted by molar-refractivity contribution is -0.121. The Morgan fingerprint density at radius 3 is 2.72 bits per heavy atom. The van der Waals surface area contributed by atoms with Gasteiger partial charge < -0.3 is 14.8 Å². The van der Waals surface area contributed by atoms with E-state index < -0.39 is 0 Å². The molecule has 5 nitrogen and oxygen atoms in total. The number of methoxy groups -OCH3 is 1. The molecule has 1 amide bonds. The summed E-state index contributed by atoms with van der Waals surface area (Å²) in [6.07, 6.45) is 4.96. The van der Waals surface area contributed by atoms with E-state index in [1.165, 1.54) is 0 Å². The summed E-state index contributed by atoms with van der Waals surface area (Å²) in [5, 5.41) is 2.94. The second-order valence-corrected chi connectivity index (χ2v) is 6.34. The van der Waals surface area contributed by atoms with Crippen LogP contribution in [0.4, 0.5) is 0 Å². The number of rotatable bonds is 9. The predicted octanol–water partition coefficient (Wildman–Crippen LogP) is 3.72. The Balaban J connectivity index is 1.90. The number of nitrogens with one attached hydrogen (secondary N) is 1. The van der Waals surface area contributed by atoms with E-state index in [1.54, 1.807) is 19.5 Å². The Kier molecular flexibility index (Phi) is 7.26. The third-order valence-corrected chi connectivity index (χ3v) is 3.78. The summed E-state index contributed by atoms with van der Waals surface area (Å²) in [6, 6.07) is 9.53. The number of aromatic nitrogens is 1. The lowest BCUT2D eigenvalue weighted by Crippen LogP contribution is -2.22. The first kappa shape index (κ1) is 18.8. The van der Waals surface area contributed by atoms with Crippen molar-refractivity contribution < 1.29 is 14.3 Å². The van der Waals surface area contributed by atoms with E-state index in [9.17, 15) is 4.79 Å². The normalized spacial score (nSPS) is 10.6. The van der Waals surface area contributed by atoms with Crippen molar-refractivity contribution in [3.63, 3.8) is 0 Å². The van der Waals surface area contributed by atoms with Crippen LogP contribution in [0.3, 0.4) is 0 Å². The fourth-order valence-corrected chi connectivity index (χ4v) is 2.29. The van der Waals surface area contributed by atoms with Crippen molar-refractivity contribution in [2.45, 2.75) is 39.8 Å². The maximum atomic E-state index is 11.8. The van der Waals surface area contributed by atoms with E-state index in [0.29, 0.717) is 37.0 Å². The highest BCUT2D eigenvalue weighted by molar-refractivity contribution is 5.75. The molecule has 0 bridgehead atoms. The van der Waals surface area contributed by atoms with E-state index in [2.05, 4.69) is 24.1 Å². The van der Waals surface area contributed by atoms with Crippen molar-refractivity contribution in [1.82, 2.24) is 10.3 Å². The first-order valence-corrected chi connectivity index (χ1v) is 8.53. The molecule has 5 heteroatoms. The molecule has 0 atom stereocenters. The molecule has 134 valence electrons. The molecular weight excluding hydrogens is 316 g/mol. The molecule has 1 heterocycles. The summed E-state index contributed by atoms with van der Waals surface area (Å²) >= 11 is 0. The van der Waals surface area contributed by atoms with Gasteiger partial charge in [-0.2, -0.15) is 0 Å². The number of pyridine rings is 1. The van der Waals surface area contributed by atoms with E-state index in [4.69, 9.17) is 9.47 Å². The van der Waals surface area contributed by atoms with E-state index in [-0.39, 0.29) is 5.91 Å². The van der Waals surface area contributed by atoms with Crippen molar-refractivity contribution in [2.24, 2.45) is 5.92 Å². The highest BCUT2D eigenvalue weighted by Gasteiger charge is 2.08. The number of ether oxygens (including phenoxy) is 2. The lowest BCUT2D eigenvalue weighted by Gasteiger charge is -2.13. The third-order valence-electron chi connectivity index (χ3n) is 3.78. The van der Waals surface area contributed by atoms with E-state index in [0.717, 1.165) is 17.5 Å². The van der Waals surface area contributed by atoms with Crippen LogP contribution >= 0.6 is 0 Å². The summed E-state index contributed by atoms with van der Waals surface area (Å²) < 4.78 is 11.2. The number of carbonyl (C=O) groups excluding carboxylic acids is 1. The van der Waals surface area contributed by atoms with Gasteiger partial charge in [-0.1, -0.05) is 26.0 Å². The minimum absolute atomic E-state index is 0.0737. The fraction of sp³-hybridized carbons (Fsp3) is 0.400. The topological polar surface area (TPSA) is 60.5 Å². The molecule has 0 saturated heterocycles. The van der Waals surface area contributed by atoms with Crippen molar-refractivity contribution in [3.8, 4) is 11.5 Å². The molecule has 25 heavy (non-hydrogen) atoms. The molecule has 2 aromatic rings. The number of nitrogens with zero attached hydrogens (tertiary/aromatic N) is 1. The van der Waals surface area contributed by atoms with Crippen LogP contribution in [0.1, 0.15) is 37.8 Å². The van der Waals surface area contributed by atoms with Crippen molar-refractivity contribution in [3.05, 3.63) is 53.9 Å².